The predicted molar refractivity (Wildman–Crippen MR) is 83.4 cm³/mol. The van der Waals surface area contributed by atoms with Crippen LogP contribution in [-0.2, 0) is 12.8 Å². The van der Waals surface area contributed by atoms with Crippen LogP contribution in [0.1, 0.15) is 23.1 Å². The SMILES string of the molecule is Cc1ccc(CCC(O)Cc2cccc(Br)c2)cc1. The molecule has 0 bridgehead atoms. The number of benzene rings is 2. The largest absolute Gasteiger partial charge is 0.393 e. The molecule has 19 heavy (non-hydrogen) atoms. The molecule has 0 amide bonds. The molecular weight excluding hydrogens is 300 g/mol. The molecule has 0 aliphatic carbocycles. The highest BCUT2D eigenvalue weighted by molar-refractivity contribution is 9.10. The van der Waals surface area contributed by atoms with Gasteiger partial charge in [0, 0.05) is 4.47 Å². The van der Waals surface area contributed by atoms with E-state index in [9.17, 15) is 5.11 Å². The van der Waals surface area contributed by atoms with Gasteiger partial charge < -0.3 is 5.11 Å². The fourth-order valence-corrected chi connectivity index (χ4v) is 2.57. The van der Waals surface area contributed by atoms with E-state index in [0.717, 1.165) is 17.3 Å². The Hall–Kier alpha value is -1.12. The van der Waals surface area contributed by atoms with Gasteiger partial charge in [0.05, 0.1) is 6.10 Å². The van der Waals surface area contributed by atoms with Crippen molar-refractivity contribution in [3.8, 4) is 0 Å². The van der Waals surface area contributed by atoms with E-state index in [1.807, 2.05) is 12.1 Å². The Bertz CT molecular complexity index is 519. The minimum Gasteiger partial charge on any atom is -0.393 e. The lowest BCUT2D eigenvalue weighted by Gasteiger charge is -2.11. The van der Waals surface area contributed by atoms with Gasteiger partial charge >= 0.3 is 0 Å². The zero-order valence-electron chi connectivity index (χ0n) is 11.1. The molecular formula is C17H19BrO. The summed E-state index contributed by atoms with van der Waals surface area (Å²) < 4.78 is 1.07. The van der Waals surface area contributed by atoms with Gasteiger partial charge in [-0.25, -0.2) is 0 Å². The summed E-state index contributed by atoms with van der Waals surface area (Å²) in [6.07, 6.45) is 2.16. The zero-order valence-corrected chi connectivity index (χ0v) is 12.7. The van der Waals surface area contributed by atoms with Crippen LogP contribution >= 0.6 is 15.9 Å². The first-order valence-electron chi connectivity index (χ1n) is 6.61. The number of aliphatic hydroxyl groups is 1. The Morgan fingerprint density at radius 3 is 2.47 bits per heavy atom. The fraction of sp³-hybridized carbons (Fsp3) is 0.294. The summed E-state index contributed by atoms with van der Waals surface area (Å²) >= 11 is 3.45. The Labute approximate surface area is 123 Å². The lowest BCUT2D eigenvalue weighted by molar-refractivity contribution is 0.165. The third-order valence-electron chi connectivity index (χ3n) is 3.25. The van der Waals surface area contributed by atoms with Crippen molar-refractivity contribution in [1.29, 1.82) is 0 Å². The fourth-order valence-electron chi connectivity index (χ4n) is 2.13. The summed E-state index contributed by atoms with van der Waals surface area (Å²) in [5.74, 6) is 0. The molecule has 2 heteroatoms. The molecule has 0 aliphatic rings. The van der Waals surface area contributed by atoms with Crippen LogP contribution in [0.4, 0.5) is 0 Å². The second kappa shape index (κ2) is 6.88. The van der Waals surface area contributed by atoms with Gasteiger partial charge in [-0.3, -0.25) is 0 Å². The van der Waals surface area contributed by atoms with E-state index in [4.69, 9.17) is 0 Å². The van der Waals surface area contributed by atoms with Gasteiger partial charge in [0.1, 0.15) is 0 Å². The van der Waals surface area contributed by atoms with Crippen LogP contribution in [0.2, 0.25) is 0 Å². The number of halogens is 1. The van der Waals surface area contributed by atoms with Crippen molar-refractivity contribution in [2.75, 3.05) is 0 Å². The third kappa shape index (κ3) is 4.81. The highest BCUT2D eigenvalue weighted by Crippen LogP contribution is 2.15. The number of aryl methyl sites for hydroxylation is 2. The van der Waals surface area contributed by atoms with Crippen LogP contribution in [0.5, 0.6) is 0 Å². The zero-order chi connectivity index (χ0) is 13.7. The summed E-state index contributed by atoms with van der Waals surface area (Å²) in [6.45, 7) is 2.09. The summed E-state index contributed by atoms with van der Waals surface area (Å²) in [4.78, 5) is 0. The minimum atomic E-state index is -0.282. The number of rotatable bonds is 5. The van der Waals surface area contributed by atoms with Crippen LogP contribution in [0.15, 0.2) is 53.0 Å². The van der Waals surface area contributed by atoms with Crippen molar-refractivity contribution in [2.24, 2.45) is 0 Å². The molecule has 0 fully saturated rings. The molecule has 2 aromatic carbocycles. The predicted octanol–water partition coefficient (Wildman–Crippen LogP) is 4.29. The normalized spacial score (nSPS) is 12.4. The van der Waals surface area contributed by atoms with Crippen molar-refractivity contribution < 1.29 is 5.11 Å². The molecule has 0 saturated heterocycles. The summed E-state index contributed by atoms with van der Waals surface area (Å²) in [7, 11) is 0. The molecule has 1 N–H and O–H groups in total. The third-order valence-corrected chi connectivity index (χ3v) is 3.74. The monoisotopic (exact) mass is 318 g/mol. The van der Waals surface area contributed by atoms with Crippen LogP contribution in [0, 0.1) is 6.92 Å². The molecule has 0 spiro atoms. The van der Waals surface area contributed by atoms with Crippen molar-refractivity contribution in [3.05, 3.63) is 69.7 Å². The van der Waals surface area contributed by atoms with Crippen LogP contribution in [0.3, 0.4) is 0 Å². The lowest BCUT2D eigenvalue weighted by Crippen LogP contribution is -2.11. The Balaban J connectivity index is 1.84. The van der Waals surface area contributed by atoms with Crippen molar-refractivity contribution in [3.63, 3.8) is 0 Å². The van der Waals surface area contributed by atoms with Crippen molar-refractivity contribution >= 4 is 15.9 Å². The molecule has 1 nitrogen and oxygen atoms in total. The average molecular weight is 319 g/mol. The van der Waals surface area contributed by atoms with E-state index in [0.29, 0.717) is 6.42 Å². The van der Waals surface area contributed by atoms with Crippen LogP contribution < -0.4 is 0 Å². The molecule has 0 aliphatic heterocycles. The molecule has 0 heterocycles. The topological polar surface area (TPSA) is 20.2 Å². The second-order valence-electron chi connectivity index (χ2n) is 5.01. The van der Waals surface area contributed by atoms with Crippen LogP contribution in [0.25, 0.3) is 0 Å². The van der Waals surface area contributed by atoms with Gasteiger partial charge in [-0.15, -0.1) is 0 Å². The maximum absolute atomic E-state index is 10.1. The Kier molecular flexibility index (Phi) is 5.17. The Morgan fingerprint density at radius 2 is 1.79 bits per heavy atom. The van der Waals surface area contributed by atoms with Crippen molar-refractivity contribution in [2.45, 2.75) is 32.3 Å². The molecule has 100 valence electrons. The highest BCUT2D eigenvalue weighted by Gasteiger charge is 2.06. The van der Waals surface area contributed by atoms with E-state index < -0.39 is 0 Å². The average Bonchev–Trinajstić information content (AvgIpc) is 2.38. The van der Waals surface area contributed by atoms with E-state index in [2.05, 4.69) is 59.3 Å². The van der Waals surface area contributed by atoms with Gasteiger partial charge in [0.25, 0.3) is 0 Å². The van der Waals surface area contributed by atoms with Gasteiger partial charge in [0.2, 0.25) is 0 Å². The molecule has 0 aromatic heterocycles. The molecule has 0 saturated carbocycles. The van der Waals surface area contributed by atoms with E-state index in [1.165, 1.54) is 16.7 Å². The number of aliphatic hydroxyl groups excluding tert-OH is 1. The van der Waals surface area contributed by atoms with Gasteiger partial charge in [-0.05, 0) is 49.4 Å². The maximum atomic E-state index is 10.1. The van der Waals surface area contributed by atoms with E-state index >= 15 is 0 Å². The molecule has 2 aromatic rings. The summed E-state index contributed by atoms with van der Waals surface area (Å²) in [5.41, 5.74) is 3.74. The second-order valence-corrected chi connectivity index (χ2v) is 5.93. The lowest BCUT2D eigenvalue weighted by atomic mass is 10.0. The van der Waals surface area contributed by atoms with Gasteiger partial charge in [-0.1, -0.05) is 57.9 Å². The quantitative estimate of drug-likeness (QED) is 0.871. The molecule has 2 rings (SSSR count). The molecule has 1 unspecified atom stereocenters. The first-order valence-corrected chi connectivity index (χ1v) is 7.41. The highest BCUT2D eigenvalue weighted by atomic mass is 79.9. The van der Waals surface area contributed by atoms with E-state index in [-0.39, 0.29) is 6.10 Å². The number of hydrogen-bond donors (Lipinski definition) is 1. The van der Waals surface area contributed by atoms with Crippen LogP contribution in [-0.4, -0.2) is 11.2 Å². The van der Waals surface area contributed by atoms with Crippen molar-refractivity contribution in [1.82, 2.24) is 0 Å². The van der Waals surface area contributed by atoms with Gasteiger partial charge in [0.15, 0.2) is 0 Å². The first kappa shape index (κ1) is 14.3. The maximum Gasteiger partial charge on any atom is 0.0583 e. The Morgan fingerprint density at radius 1 is 1.05 bits per heavy atom. The molecule has 0 radical (unpaired) electrons. The number of hydrogen-bond acceptors (Lipinski definition) is 1. The standard InChI is InChI=1S/C17H19BrO/c1-13-5-7-14(8-6-13)9-10-17(19)12-15-3-2-4-16(18)11-15/h2-8,11,17,19H,9-10,12H2,1H3. The minimum absolute atomic E-state index is 0.282. The first-order chi connectivity index (χ1) is 9.13. The summed E-state index contributed by atoms with van der Waals surface area (Å²) in [5, 5.41) is 10.1. The summed E-state index contributed by atoms with van der Waals surface area (Å²) in [6, 6.07) is 16.7. The molecule has 1 atom stereocenters. The van der Waals surface area contributed by atoms with E-state index in [1.54, 1.807) is 0 Å². The smallest absolute Gasteiger partial charge is 0.0583 e. The van der Waals surface area contributed by atoms with Gasteiger partial charge in [-0.2, -0.15) is 0 Å².